The Morgan fingerprint density at radius 2 is 1.98 bits per heavy atom. The lowest BCUT2D eigenvalue weighted by Gasteiger charge is -2.38. The first-order valence-electron chi connectivity index (χ1n) is 15.0. The molecule has 6 rings (SSSR count). The van der Waals surface area contributed by atoms with Crippen molar-refractivity contribution < 1.29 is 24.1 Å². The molecular weight excluding hydrogens is 550 g/mol. The van der Waals surface area contributed by atoms with E-state index in [2.05, 4.69) is 53.3 Å². The number of aryl methyl sites for hydroxylation is 1. The molecular formula is C33H41N3O5S. The third kappa shape index (κ3) is 5.93. The molecule has 4 heterocycles. The van der Waals surface area contributed by atoms with E-state index in [-0.39, 0.29) is 6.10 Å². The molecule has 224 valence electrons. The molecule has 0 aliphatic carbocycles. The normalized spacial score (nSPS) is 21.7. The maximum atomic E-state index is 11.6. The Hall–Kier alpha value is -2.98. The Morgan fingerprint density at radius 3 is 2.76 bits per heavy atom. The van der Waals surface area contributed by atoms with Gasteiger partial charge in [0.05, 0.1) is 17.7 Å². The molecule has 3 aliphatic rings. The predicted molar refractivity (Wildman–Crippen MR) is 165 cm³/mol. The van der Waals surface area contributed by atoms with Crippen molar-refractivity contribution in [1.29, 1.82) is 0 Å². The fraction of sp³-hybridized carbons (Fsp3) is 0.515. The maximum absolute atomic E-state index is 11.6. The number of benzene rings is 2. The summed E-state index contributed by atoms with van der Waals surface area (Å²) in [6, 6.07) is 11.4. The summed E-state index contributed by atoms with van der Waals surface area (Å²) in [5.74, 6) is -0.425. The zero-order valence-electron chi connectivity index (χ0n) is 24.8. The van der Waals surface area contributed by atoms with Crippen LogP contribution in [0, 0.1) is 19.8 Å². The van der Waals surface area contributed by atoms with Gasteiger partial charge in [0.25, 0.3) is 0 Å². The molecule has 0 spiro atoms. The van der Waals surface area contributed by atoms with Crippen molar-refractivity contribution >= 4 is 22.4 Å². The van der Waals surface area contributed by atoms with Crippen molar-refractivity contribution in [2.75, 3.05) is 44.9 Å². The predicted octanol–water partition coefficient (Wildman–Crippen LogP) is 5.47. The Balaban J connectivity index is 1.16. The molecule has 0 saturated carbocycles. The quantitative estimate of drug-likeness (QED) is 0.369. The highest BCUT2D eigenvalue weighted by Gasteiger charge is 2.35. The largest absolute Gasteiger partial charge is 0.488 e. The molecule has 2 saturated heterocycles. The molecule has 8 nitrogen and oxygen atoms in total. The fourth-order valence-electron chi connectivity index (χ4n) is 6.77. The van der Waals surface area contributed by atoms with Crippen LogP contribution in [-0.2, 0) is 33.8 Å². The summed E-state index contributed by atoms with van der Waals surface area (Å²) < 4.78 is 17.7. The number of nitrogens with zero attached hydrogens (tertiary/aromatic N) is 3. The third-order valence-corrected chi connectivity index (χ3v) is 10.2. The van der Waals surface area contributed by atoms with Gasteiger partial charge in [-0.2, -0.15) is 0 Å². The molecule has 1 N–H and O–H groups in total. The number of fused-ring (bicyclic) bond motifs is 1. The number of para-hydroxylation sites is 1. The number of aliphatic carboxylic acids is 1. The van der Waals surface area contributed by atoms with Gasteiger partial charge in [0, 0.05) is 63.5 Å². The van der Waals surface area contributed by atoms with Gasteiger partial charge in [0.1, 0.15) is 12.4 Å². The fourth-order valence-corrected chi connectivity index (χ4v) is 7.63. The van der Waals surface area contributed by atoms with Crippen molar-refractivity contribution in [3.05, 3.63) is 63.5 Å². The van der Waals surface area contributed by atoms with E-state index < -0.39 is 11.9 Å². The van der Waals surface area contributed by atoms with Crippen LogP contribution in [-0.4, -0.2) is 73.1 Å². The Bertz CT molecular complexity index is 1420. The van der Waals surface area contributed by atoms with E-state index in [4.69, 9.17) is 19.2 Å². The highest BCUT2D eigenvalue weighted by molar-refractivity contribution is 7.14. The standard InChI is InChI=1S/C33H41N3O5S/c1-21-5-4-6-27(29-20-42-33(34-29)36-14-10-28(32(37)38)30(18-36)39-3)31(21)41-19-24-8-7-23-17-35(13-9-26(23)22(24)2)25-11-15-40-16-12-25/h4-8,20,25,28,30H,9-19H2,1-3H3,(H,37,38)/t28-,30+/m0/s1. The van der Waals surface area contributed by atoms with Gasteiger partial charge in [-0.15, -0.1) is 11.3 Å². The monoisotopic (exact) mass is 591 g/mol. The SMILES string of the molecule is CO[C@@H]1CN(c2nc(-c3cccc(C)c3OCc3ccc4c(c3C)CCN(C3CCOCC3)C4)cs2)CC[C@@H]1C(=O)O. The number of rotatable bonds is 8. The summed E-state index contributed by atoms with van der Waals surface area (Å²) in [4.78, 5) is 21.4. The highest BCUT2D eigenvalue weighted by Crippen LogP contribution is 2.38. The van der Waals surface area contributed by atoms with E-state index in [1.165, 1.54) is 22.3 Å². The van der Waals surface area contributed by atoms with Crippen LogP contribution in [0.15, 0.2) is 35.7 Å². The zero-order valence-corrected chi connectivity index (χ0v) is 25.6. The van der Waals surface area contributed by atoms with Gasteiger partial charge in [-0.05, 0) is 73.4 Å². The van der Waals surface area contributed by atoms with E-state index in [0.717, 1.165) is 73.3 Å². The van der Waals surface area contributed by atoms with Gasteiger partial charge in [-0.1, -0.05) is 24.3 Å². The summed E-state index contributed by atoms with van der Waals surface area (Å²) >= 11 is 1.58. The minimum absolute atomic E-state index is 0.355. The van der Waals surface area contributed by atoms with E-state index in [0.29, 0.717) is 32.2 Å². The molecule has 9 heteroatoms. The molecule has 0 unspecified atom stereocenters. The molecule has 2 fully saturated rings. The van der Waals surface area contributed by atoms with Crippen molar-refractivity contribution in [2.24, 2.45) is 5.92 Å². The zero-order chi connectivity index (χ0) is 29.2. The van der Waals surface area contributed by atoms with Gasteiger partial charge in [0.2, 0.25) is 0 Å². The van der Waals surface area contributed by atoms with Crippen LogP contribution in [0.1, 0.15) is 47.1 Å². The summed E-state index contributed by atoms with van der Waals surface area (Å²) in [6.07, 6.45) is 3.53. The minimum Gasteiger partial charge on any atom is -0.488 e. The highest BCUT2D eigenvalue weighted by atomic mass is 32.1. The lowest BCUT2D eigenvalue weighted by Crippen LogP contribution is -2.47. The Labute approximate surface area is 252 Å². The van der Waals surface area contributed by atoms with Crippen molar-refractivity contribution in [3.63, 3.8) is 0 Å². The van der Waals surface area contributed by atoms with Crippen LogP contribution >= 0.6 is 11.3 Å². The van der Waals surface area contributed by atoms with Gasteiger partial charge in [-0.25, -0.2) is 4.98 Å². The van der Waals surface area contributed by atoms with Crippen LogP contribution < -0.4 is 9.64 Å². The number of carboxylic acids is 1. The number of thiazole rings is 1. The molecule has 2 aromatic carbocycles. The van der Waals surface area contributed by atoms with Crippen molar-refractivity contribution in [2.45, 2.75) is 64.8 Å². The van der Waals surface area contributed by atoms with Crippen LogP contribution in [0.3, 0.4) is 0 Å². The second-order valence-electron chi connectivity index (χ2n) is 11.8. The maximum Gasteiger partial charge on any atom is 0.309 e. The van der Waals surface area contributed by atoms with Crippen LogP contribution in [0.25, 0.3) is 11.3 Å². The third-order valence-electron chi connectivity index (χ3n) is 9.34. The number of ether oxygens (including phenoxy) is 3. The van der Waals surface area contributed by atoms with Crippen molar-refractivity contribution in [3.8, 4) is 17.0 Å². The van der Waals surface area contributed by atoms with Crippen molar-refractivity contribution in [1.82, 2.24) is 9.88 Å². The number of aromatic nitrogens is 1. The average Bonchev–Trinajstić information content (AvgIpc) is 3.51. The molecule has 3 aromatic rings. The number of anilines is 1. The molecule has 0 bridgehead atoms. The second-order valence-corrected chi connectivity index (χ2v) is 12.6. The number of carboxylic acid groups (broad SMARTS) is 1. The summed E-state index contributed by atoms with van der Waals surface area (Å²) in [6.45, 7) is 9.89. The minimum atomic E-state index is -0.797. The topological polar surface area (TPSA) is 84.4 Å². The van der Waals surface area contributed by atoms with Crippen LogP contribution in [0.5, 0.6) is 5.75 Å². The molecule has 3 aliphatic heterocycles. The lowest BCUT2D eigenvalue weighted by atomic mass is 9.90. The van der Waals surface area contributed by atoms with Crippen LogP contribution in [0.2, 0.25) is 0 Å². The summed E-state index contributed by atoms with van der Waals surface area (Å²) in [5.41, 5.74) is 8.43. The molecule has 0 radical (unpaired) electrons. The summed E-state index contributed by atoms with van der Waals surface area (Å²) in [5, 5.41) is 12.5. The van der Waals surface area contributed by atoms with E-state index in [1.54, 1.807) is 18.4 Å². The number of methoxy groups -OCH3 is 1. The number of hydrogen-bond donors (Lipinski definition) is 1. The summed E-state index contributed by atoms with van der Waals surface area (Å²) in [7, 11) is 1.58. The first kappa shape index (κ1) is 29.1. The smallest absolute Gasteiger partial charge is 0.309 e. The molecule has 2 atom stereocenters. The Morgan fingerprint density at radius 1 is 1.14 bits per heavy atom. The van der Waals surface area contributed by atoms with Gasteiger partial charge in [-0.3, -0.25) is 9.69 Å². The number of hydrogen-bond acceptors (Lipinski definition) is 8. The number of carbonyl (C=O) groups is 1. The van der Waals surface area contributed by atoms with E-state index in [1.807, 2.05) is 6.07 Å². The molecule has 1 aromatic heterocycles. The average molecular weight is 592 g/mol. The second kappa shape index (κ2) is 12.7. The first-order chi connectivity index (χ1) is 20.4. The van der Waals surface area contributed by atoms with Gasteiger partial charge < -0.3 is 24.2 Å². The van der Waals surface area contributed by atoms with Gasteiger partial charge >= 0.3 is 5.97 Å². The van der Waals surface area contributed by atoms with Crippen LogP contribution in [0.4, 0.5) is 5.13 Å². The molecule has 42 heavy (non-hydrogen) atoms. The molecule has 0 amide bonds. The number of piperidine rings is 1. The Kier molecular flexibility index (Phi) is 8.81. The van der Waals surface area contributed by atoms with Gasteiger partial charge in [0.15, 0.2) is 5.13 Å². The first-order valence-corrected chi connectivity index (χ1v) is 15.9. The van der Waals surface area contributed by atoms with E-state index >= 15 is 0 Å². The lowest BCUT2D eigenvalue weighted by molar-refractivity contribution is -0.147. The van der Waals surface area contributed by atoms with E-state index in [9.17, 15) is 9.90 Å².